The number of anilines is 1. The Morgan fingerprint density at radius 3 is 2.42 bits per heavy atom. The molecule has 1 N–H and O–H groups in total. The maximum absolute atomic E-state index is 12.7. The molecule has 0 radical (unpaired) electrons. The van der Waals surface area contributed by atoms with Crippen molar-refractivity contribution in [3.05, 3.63) is 95.8 Å². The number of hydrogen-bond donors (Lipinski definition) is 1. The standard InChI is InChI=1S/C26H24N8OS/c1-18-13-14-22(19(2)15-18)27-24(35)17-36-26-30-28-23(34(26)21-11-7-4-8-12-21)16-33-31-25(29-32-33)20-9-5-3-6-10-20/h3-15H,16-17H2,1-2H3,(H,27,35). The van der Waals surface area contributed by atoms with Crippen molar-refractivity contribution in [2.75, 3.05) is 11.1 Å². The van der Waals surface area contributed by atoms with E-state index < -0.39 is 0 Å². The molecule has 1 amide bonds. The third kappa shape index (κ3) is 5.33. The van der Waals surface area contributed by atoms with E-state index in [9.17, 15) is 4.79 Å². The summed E-state index contributed by atoms with van der Waals surface area (Å²) in [6.07, 6.45) is 0. The maximum atomic E-state index is 12.7. The first-order valence-corrected chi connectivity index (χ1v) is 12.4. The Morgan fingerprint density at radius 1 is 0.917 bits per heavy atom. The molecule has 0 spiro atoms. The molecule has 2 heterocycles. The molecule has 0 atom stereocenters. The van der Waals surface area contributed by atoms with E-state index in [-0.39, 0.29) is 18.2 Å². The van der Waals surface area contributed by atoms with Gasteiger partial charge in [-0.15, -0.1) is 20.4 Å². The minimum atomic E-state index is -0.110. The molecule has 0 fully saturated rings. The van der Waals surface area contributed by atoms with Crippen LogP contribution in [0.3, 0.4) is 0 Å². The molecule has 9 nitrogen and oxygen atoms in total. The van der Waals surface area contributed by atoms with Crippen molar-refractivity contribution in [3.63, 3.8) is 0 Å². The molecule has 5 aromatic rings. The van der Waals surface area contributed by atoms with Crippen LogP contribution in [-0.4, -0.2) is 46.6 Å². The number of rotatable bonds is 8. The van der Waals surface area contributed by atoms with Crippen molar-refractivity contribution < 1.29 is 4.79 Å². The number of para-hydroxylation sites is 1. The summed E-state index contributed by atoms with van der Waals surface area (Å²) in [6, 6.07) is 25.4. The fourth-order valence-electron chi connectivity index (χ4n) is 3.74. The number of nitrogens with zero attached hydrogens (tertiary/aromatic N) is 7. The summed E-state index contributed by atoms with van der Waals surface area (Å²) in [4.78, 5) is 14.2. The molecule has 0 unspecified atom stereocenters. The molecule has 0 aliphatic carbocycles. The quantitative estimate of drug-likeness (QED) is 0.319. The van der Waals surface area contributed by atoms with Gasteiger partial charge in [-0.1, -0.05) is 78.0 Å². The Hall–Kier alpha value is -4.31. The smallest absolute Gasteiger partial charge is 0.234 e. The zero-order valence-electron chi connectivity index (χ0n) is 19.9. The highest BCUT2D eigenvalue weighted by molar-refractivity contribution is 7.99. The zero-order chi connectivity index (χ0) is 24.9. The van der Waals surface area contributed by atoms with E-state index in [2.05, 4.69) is 30.9 Å². The Labute approximate surface area is 212 Å². The van der Waals surface area contributed by atoms with Gasteiger partial charge in [-0.25, -0.2) is 0 Å². The number of nitrogens with one attached hydrogen (secondary N) is 1. The summed E-state index contributed by atoms with van der Waals surface area (Å²) >= 11 is 1.32. The lowest BCUT2D eigenvalue weighted by Gasteiger charge is -2.11. The Morgan fingerprint density at radius 2 is 1.67 bits per heavy atom. The van der Waals surface area contributed by atoms with Gasteiger partial charge in [0.1, 0.15) is 6.54 Å². The molecule has 10 heteroatoms. The summed E-state index contributed by atoms with van der Waals surface area (Å²) < 4.78 is 1.92. The molecular weight excluding hydrogens is 472 g/mol. The monoisotopic (exact) mass is 496 g/mol. The van der Waals surface area contributed by atoms with Crippen LogP contribution in [0.4, 0.5) is 5.69 Å². The van der Waals surface area contributed by atoms with E-state index in [0.29, 0.717) is 16.8 Å². The van der Waals surface area contributed by atoms with E-state index in [1.165, 1.54) is 16.6 Å². The molecule has 2 aromatic heterocycles. The van der Waals surface area contributed by atoms with E-state index in [1.807, 2.05) is 97.3 Å². The molecular formula is C26H24N8OS. The molecule has 0 saturated heterocycles. The van der Waals surface area contributed by atoms with Crippen molar-refractivity contribution in [1.29, 1.82) is 0 Å². The highest BCUT2D eigenvalue weighted by Crippen LogP contribution is 2.23. The number of thioether (sulfide) groups is 1. The summed E-state index contributed by atoms with van der Waals surface area (Å²) in [7, 11) is 0. The first kappa shape index (κ1) is 23.4. The number of tetrazole rings is 1. The molecule has 5 rings (SSSR count). The molecule has 180 valence electrons. The van der Waals surface area contributed by atoms with Crippen molar-refractivity contribution >= 4 is 23.4 Å². The summed E-state index contributed by atoms with van der Waals surface area (Å²) in [5.74, 6) is 1.26. The van der Waals surface area contributed by atoms with Gasteiger partial charge in [-0.2, -0.15) is 4.80 Å². The SMILES string of the molecule is Cc1ccc(NC(=O)CSc2nnc(Cn3nnc(-c4ccccc4)n3)n2-c2ccccc2)c(C)c1. The lowest BCUT2D eigenvalue weighted by molar-refractivity contribution is -0.113. The number of aromatic nitrogens is 7. The topological polar surface area (TPSA) is 103 Å². The van der Waals surface area contributed by atoms with Gasteiger partial charge in [0.2, 0.25) is 11.7 Å². The average Bonchev–Trinajstić information content (AvgIpc) is 3.53. The van der Waals surface area contributed by atoms with Crippen LogP contribution in [0.2, 0.25) is 0 Å². The first-order chi connectivity index (χ1) is 17.6. The van der Waals surface area contributed by atoms with Gasteiger partial charge in [0.05, 0.1) is 5.75 Å². The predicted octanol–water partition coefficient (Wildman–Crippen LogP) is 4.32. The largest absolute Gasteiger partial charge is 0.325 e. The van der Waals surface area contributed by atoms with E-state index in [4.69, 9.17) is 0 Å². The maximum Gasteiger partial charge on any atom is 0.234 e. The third-order valence-electron chi connectivity index (χ3n) is 5.47. The van der Waals surface area contributed by atoms with Gasteiger partial charge in [0, 0.05) is 16.9 Å². The molecule has 0 bridgehead atoms. The minimum Gasteiger partial charge on any atom is -0.325 e. The average molecular weight is 497 g/mol. The highest BCUT2D eigenvalue weighted by atomic mass is 32.2. The first-order valence-electron chi connectivity index (χ1n) is 11.4. The molecule has 0 aliphatic heterocycles. The number of aryl methyl sites for hydroxylation is 2. The minimum absolute atomic E-state index is 0.110. The number of hydrogen-bond acceptors (Lipinski definition) is 7. The summed E-state index contributed by atoms with van der Waals surface area (Å²) in [6.45, 7) is 4.28. The number of amides is 1. The summed E-state index contributed by atoms with van der Waals surface area (Å²) in [5.41, 5.74) is 4.76. The summed E-state index contributed by atoms with van der Waals surface area (Å²) in [5, 5.41) is 25.2. The lowest BCUT2D eigenvalue weighted by atomic mass is 10.1. The molecule has 3 aromatic carbocycles. The van der Waals surface area contributed by atoms with Crippen LogP contribution in [0.5, 0.6) is 0 Å². The normalized spacial score (nSPS) is 10.9. The lowest BCUT2D eigenvalue weighted by Crippen LogP contribution is -2.15. The second-order valence-corrected chi connectivity index (χ2v) is 9.18. The van der Waals surface area contributed by atoms with Crippen molar-refractivity contribution in [1.82, 2.24) is 35.0 Å². The second kappa shape index (κ2) is 10.5. The second-order valence-electron chi connectivity index (χ2n) is 8.23. The van der Waals surface area contributed by atoms with Gasteiger partial charge >= 0.3 is 0 Å². The van der Waals surface area contributed by atoms with Crippen LogP contribution in [-0.2, 0) is 11.3 Å². The van der Waals surface area contributed by atoms with Crippen LogP contribution in [0.25, 0.3) is 17.1 Å². The zero-order valence-corrected chi connectivity index (χ0v) is 20.7. The fourth-order valence-corrected chi connectivity index (χ4v) is 4.51. The van der Waals surface area contributed by atoms with Crippen molar-refractivity contribution in [3.8, 4) is 17.1 Å². The third-order valence-corrected chi connectivity index (χ3v) is 6.40. The van der Waals surface area contributed by atoms with Crippen LogP contribution in [0.1, 0.15) is 17.0 Å². The van der Waals surface area contributed by atoms with Gasteiger partial charge in [-0.3, -0.25) is 9.36 Å². The van der Waals surface area contributed by atoms with Crippen LogP contribution < -0.4 is 5.32 Å². The van der Waals surface area contributed by atoms with Gasteiger partial charge in [-0.05, 0) is 42.8 Å². The number of carbonyl (C=O) groups excluding carboxylic acids is 1. The van der Waals surface area contributed by atoms with Crippen molar-refractivity contribution in [2.45, 2.75) is 25.5 Å². The number of carbonyl (C=O) groups is 1. The van der Waals surface area contributed by atoms with E-state index in [1.54, 1.807) is 0 Å². The van der Waals surface area contributed by atoms with Gasteiger partial charge in [0.25, 0.3) is 0 Å². The van der Waals surface area contributed by atoms with Gasteiger partial charge < -0.3 is 5.32 Å². The Kier molecular flexibility index (Phi) is 6.85. The molecule has 0 aliphatic rings. The van der Waals surface area contributed by atoms with Crippen molar-refractivity contribution in [2.24, 2.45) is 0 Å². The van der Waals surface area contributed by atoms with E-state index in [0.717, 1.165) is 28.1 Å². The number of benzene rings is 3. The van der Waals surface area contributed by atoms with Gasteiger partial charge in [0.15, 0.2) is 11.0 Å². The van der Waals surface area contributed by atoms with Crippen LogP contribution in [0, 0.1) is 13.8 Å². The highest BCUT2D eigenvalue weighted by Gasteiger charge is 2.18. The van der Waals surface area contributed by atoms with Crippen LogP contribution in [0.15, 0.2) is 84.0 Å². The predicted molar refractivity (Wildman–Crippen MR) is 139 cm³/mol. The Balaban J connectivity index is 1.35. The van der Waals surface area contributed by atoms with E-state index >= 15 is 0 Å². The molecule has 0 saturated carbocycles. The fraction of sp³-hybridized carbons (Fsp3) is 0.154. The van der Waals surface area contributed by atoms with Crippen LogP contribution >= 0.6 is 11.8 Å². The molecule has 36 heavy (non-hydrogen) atoms. The Bertz CT molecular complexity index is 1480.